The fourth-order valence-electron chi connectivity index (χ4n) is 2.32. The average Bonchev–Trinajstić information content (AvgIpc) is 2.84. The van der Waals surface area contributed by atoms with Crippen molar-refractivity contribution in [3.8, 4) is 5.75 Å². The lowest BCUT2D eigenvalue weighted by atomic mass is 10.1. The van der Waals surface area contributed by atoms with Gasteiger partial charge in [-0.3, -0.25) is 4.79 Å². The fourth-order valence-corrected chi connectivity index (χ4v) is 3.25. The van der Waals surface area contributed by atoms with Crippen LogP contribution >= 0.6 is 11.3 Å². The first-order valence-corrected chi connectivity index (χ1v) is 7.38. The quantitative estimate of drug-likeness (QED) is 0.908. The molecular formula is C15H16N2O2S. The van der Waals surface area contributed by atoms with Gasteiger partial charge in [0, 0.05) is 10.6 Å². The Bertz CT molecular complexity index is 651. The largest absolute Gasteiger partial charge is 0.482 e. The Hall–Kier alpha value is -2.01. The number of anilines is 2. The van der Waals surface area contributed by atoms with Gasteiger partial charge in [0.15, 0.2) is 6.61 Å². The number of hydrogen-bond acceptors (Lipinski definition) is 4. The number of aryl methyl sites for hydroxylation is 1. The van der Waals surface area contributed by atoms with Crippen molar-refractivity contribution < 1.29 is 9.53 Å². The molecule has 0 saturated heterocycles. The van der Waals surface area contributed by atoms with Crippen molar-refractivity contribution in [1.82, 2.24) is 0 Å². The van der Waals surface area contributed by atoms with E-state index in [1.54, 1.807) is 11.3 Å². The summed E-state index contributed by atoms with van der Waals surface area (Å²) in [4.78, 5) is 12.7. The SMILES string of the molecule is Cc1ccsc1C(C)Nc1ccc2c(c1)NC(=O)CO2. The van der Waals surface area contributed by atoms with Gasteiger partial charge in [0.05, 0.1) is 11.7 Å². The molecule has 1 aromatic heterocycles. The number of carbonyl (C=O) groups is 1. The van der Waals surface area contributed by atoms with E-state index in [0.717, 1.165) is 17.1 Å². The lowest BCUT2D eigenvalue weighted by molar-refractivity contribution is -0.118. The summed E-state index contributed by atoms with van der Waals surface area (Å²) in [5.74, 6) is 0.604. The average molecular weight is 288 g/mol. The summed E-state index contributed by atoms with van der Waals surface area (Å²) in [5, 5.41) is 8.37. The van der Waals surface area contributed by atoms with Crippen molar-refractivity contribution in [2.75, 3.05) is 17.2 Å². The maximum atomic E-state index is 11.3. The number of ether oxygens (including phenoxy) is 1. The normalized spacial score (nSPS) is 15.0. The highest BCUT2D eigenvalue weighted by Gasteiger charge is 2.17. The minimum absolute atomic E-state index is 0.0879. The lowest BCUT2D eigenvalue weighted by Crippen LogP contribution is -2.25. The Morgan fingerprint density at radius 2 is 2.25 bits per heavy atom. The van der Waals surface area contributed by atoms with Crippen LogP contribution in [0.3, 0.4) is 0 Å². The van der Waals surface area contributed by atoms with Crippen molar-refractivity contribution in [3.05, 3.63) is 40.1 Å². The van der Waals surface area contributed by atoms with E-state index < -0.39 is 0 Å². The van der Waals surface area contributed by atoms with E-state index in [1.165, 1.54) is 10.4 Å². The minimum Gasteiger partial charge on any atom is -0.482 e. The number of amides is 1. The highest BCUT2D eigenvalue weighted by atomic mass is 32.1. The molecule has 0 fully saturated rings. The molecule has 1 amide bonds. The molecule has 1 atom stereocenters. The molecule has 1 aliphatic rings. The van der Waals surface area contributed by atoms with Gasteiger partial charge in [0.25, 0.3) is 5.91 Å². The van der Waals surface area contributed by atoms with E-state index in [4.69, 9.17) is 4.74 Å². The summed E-state index contributed by atoms with van der Waals surface area (Å²) in [5.41, 5.74) is 2.99. The number of thiophene rings is 1. The molecule has 104 valence electrons. The van der Waals surface area contributed by atoms with Crippen LogP contribution in [-0.2, 0) is 4.79 Å². The predicted molar refractivity (Wildman–Crippen MR) is 81.7 cm³/mol. The third-order valence-corrected chi connectivity index (χ3v) is 4.49. The zero-order valence-corrected chi connectivity index (χ0v) is 12.2. The molecule has 1 unspecified atom stereocenters. The molecule has 20 heavy (non-hydrogen) atoms. The van der Waals surface area contributed by atoms with E-state index in [1.807, 2.05) is 18.2 Å². The number of benzene rings is 1. The van der Waals surface area contributed by atoms with Gasteiger partial charge in [-0.2, -0.15) is 0 Å². The van der Waals surface area contributed by atoms with Gasteiger partial charge in [0.2, 0.25) is 0 Å². The van der Waals surface area contributed by atoms with Gasteiger partial charge in [-0.05, 0) is 49.1 Å². The zero-order chi connectivity index (χ0) is 14.1. The maximum Gasteiger partial charge on any atom is 0.262 e. The number of nitrogens with one attached hydrogen (secondary N) is 2. The number of carbonyl (C=O) groups excluding carboxylic acids is 1. The van der Waals surface area contributed by atoms with Crippen LogP contribution in [0.4, 0.5) is 11.4 Å². The second-order valence-electron chi connectivity index (χ2n) is 4.88. The molecule has 1 aromatic carbocycles. The topological polar surface area (TPSA) is 50.4 Å². The van der Waals surface area contributed by atoms with Crippen molar-refractivity contribution >= 4 is 28.6 Å². The predicted octanol–water partition coefficient (Wildman–Crippen LogP) is 3.56. The highest BCUT2D eigenvalue weighted by Crippen LogP contribution is 2.33. The van der Waals surface area contributed by atoms with Gasteiger partial charge < -0.3 is 15.4 Å². The summed E-state index contributed by atoms with van der Waals surface area (Å²) in [7, 11) is 0. The first kappa shape index (κ1) is 13.0. The van der Waals surface area contributed by atoms with Crippen LogP contribution in [0.15, 0.2) is 29.6 Å². The Labute approximate surface area is 121 Å². The smallest absolute Gasteiger partial charge is 0.262 e. The van der Waals surface area contributed by atoms with E-state index in [0.29, 0.717) is 0 Å². The fraction of sp³-hybridized carbons (Fsp3) is 0.267. The number of fused-ring (bicyclic) bond motifs is 1. The van der Waals surface area contributed by atoms with Crippen molar-refractivity contribution in [2.24, 2.45) is 0 Å². The summed E-state index contributed by atoms with van der Waals surface area (Å²) in [6.45, 7) is 4.34. The molecule has 0 bridgehead atoms. The van der Waals surface area contributed by atoms with Gasteiger partial charge in [-0.15, -0.1) is 11.3 Å². The van der Waals surface area contributed by atoms with Gasteiger partial charge >= 0.3 is 0 Å². The molecule has 5 heteroatoms. The van der Waals surface area contributed by atoms with Crippen LogP contribution in [0, 0.1) is 6.92 Å². The standard InChI is InChI=1S/C15H16N2O2S/c1-9-5-6-20-15(9)10(2)16-11-3-4-13-12(7-11)17-14(18)8-19-13/h3-7,10,16H,8H2,1-2H3,(H,17,18). The molecular weight excluding hydrogens is 272 g/mol. The first-order valence-electron chi connectivity index (χ1n) is 6.51. The van der Waals surface area contributed by atoms with Crippen LogP contribution in [0.1, 0.15) is 23.4 Å². The van der Waals surface area contributed by atoms with Crippen LogP contribution in [0.2, 0.25) is 0 Å². The lowest BCUT2D eigenvalue weighted by Gasteiger charge is -2.20. The Balaban J connectivity index is 1.80. The summed E-state index contributed by atoms with van der Waals surface area (Å²) < 4.78 is 5.35. The number of rotatable bonds is 3. The molecule has 4 nitrogen and oxygen atoms in total. The minimum atomic E-state index is -0.114. The molecule has 0 spiro atoms. The van der Waals surface area contributed by atoms with Gasteiger partial charge in [0.1, 0.15) is 5.75 Å². The molecule has 3 rings (SSSR count). The molecule has 1 aliphatic heterocycles. The summed E-state index contributed by atoms with van der Waals surface area (Å²) >= 11 is 1.75. The van der Waals surface area contributed by atoms with Gasteiger partial charge in [-0.25, -0.2) is 0 Å². The molecule has 0 radical (unpaired) electrons. The van der Waals surface area contributed by atoms with Crippen molar-refractivity contribution in [1.29, 1.82) is 0 Å². The molecule has 2 aromatic rings. The van der Waals surface area contributed by atoms with Gasteiger partial charge in [-0.1, -0.05) is 0 Å². The van der Waals surface area contributed by atoms with Crippen molar-refractivity contribution in [3.63, 3.8) is 0 Å². The first-order chi connectivity index (χ1) is 9.63. The van der Waals surface area contributed by atoms with E-state index in [-0.39, 0.29) is 18.6 Å². The summed E-state index contributed by atoms with van der Waals surface area (Å²) in [6.07, 6.45) is 0. The highest BCUT2D eigenvalue weighted by molar-refractivity contribution is 7.10. The van der Waals surface area contributed by atoms with Crippen molar-refractivity contribution in [2.45, 2.75) is 19.9 Å². The van der Waals surface area contributed by atoms with E-state index in [2.05, 4.69) is 35.9 Å². The Kier molecular flexibility index (Phi) is 3.36. The molecule has 2 heterocycles. The van der Waals surface area contributed by atoms with Crippen LogP contribution in [0.25, 0.3) is 0 Å². The second kappa shape index (κ2) is 5.17. The molecule has 0 aliphatic carbocycles. The third-order valence-electron chi connectivity index (χ3n) is 3.29. The molecule has 0 saturated carbocycles. The summed E-state index contributed by atoms with van der Waals surface area (Å²) in [6, 6.07) is 8.11. The van der Waals surface area contributed by atoms with Crippen LogP contribution in [-0.4, -0.2) is 12.5 Å². The monoisotopic (exact) mass is 288 g/mol. The van der Waals surface area contributed by atoms with E-state index >= 15 is 0 Å². The van der Waals surface area contributed by atoms with Crippen LogP contribution in [0.5, 0.6) is 5.75 Å². The maximum absolute atomic E-state index is 11.3. The van der Waals surface area contributed by atoms with E-state index in [9.17, 15) is 4.79 Å². The Morgan fingerprint density at radius 3 is 3.00 bits per heavy atom. The van der Waals surface area contributed by atoms with Crippen LogP contribution < -0.4 is 15.4 Å². The zero-order valence-electron chi connectivity index (χ0n) is 11.4. The second-order valence-corrected chi connectivity index (χ2v) is 5.83. The number of hydrogen-bond donors (Lipinski definition) is 2. The third kappa shape index (κ3) is 2.49. The Morgan fingerprint density at radius 1 is 1.40 bits per heavy atom. The molecule has 2 N–H and O–H groups in total.